The van der Waals surface area contributed by atoms with Gasteiger partial charge in [0.1, 0.15) is 5.75 Å². The number of aromatic hydroxyl groups is 1. The summed E-state index contributed by atoms with van der Waals surface area (Å²) < 4.78 is 0. The zero-order valence-electron chi connectivity index (χ0n) is 11.8. The van der Waals surface area contributed by atoms with Crippen LogP contribution in [-0.2, 0) is 0 Å². The van der Waals surface area contributed by atoms with Crippen molar-refractivity contribution >= 4 is 5.78 Å². The maximum Gasteiger partial charge on any atom is 0.163 e. The fourth-order valence-electron chi connectivity index (χ4n) is 4.87. The number of rotatable bonds is 0. The van der Waals surface area contributed by atoms with E-state index in [0.717, 1.165) is 18.4 Å². The van der Waals surface area contributed by atoms with Crippen LogP contribution in [0.5, 0.6) is 5.75 Å². The molecule has 104 valence electrons. The number of hydrogen-bond donors (Lipinski definition) is 1. The van der Waals surface area contributed by atoms with E-state index in [9.17, 15) is 9.90 Å². The van der Waals surface area contributed by atoms with Crippen molar-refractivity contribution in [2.45, 2.75) is 38.5 Å². The van der Waals surface area contributed by atoms with Crippen LogP contribution >= 0.6 is 0 Å². The van der Waals surface area contributed by atoms with Crippen molar-refractivity contribution in [2.24, 2.45) is 17.3 Å². The first kappa shape index (κ1) is 12.2. The van der Waals surface area contributed by atoms with Gasteiger partial charge in [0.25, 0.3) is 0 Å². The number of phenols is 1. The number of hydrogen-bond acceptors (Lipinski definition) is 2. The van der Waals surface area contributed by atoms with Gasteiger partial charge in [0, 0.05) is 12.0 Å². The van der Waals surface area contributed by atoms with E-state index < -0.39 is 0 Å². The molecule has 1 N–H and O–H groups in total. The number of phenolic OH excluding ortho intramolecular Hbond substituents is 1. The number of allylic oxidation sites excluding steroid dienone is 2. The molecule has 1 aromatic rings. The highest BCUT2D eigenvalue weighted by atomic mass is 16.3. The fourth-order valence-corrected chi connectivity index (χ4v) is 4.87. The van der Waals surface area contributed by atoms with E-state index >= 15 is 0 Å². The summed E-state index contributed by atoms with van der Waals surface area (Å²) in [5, 5.41) is 9.63. The first-order chi connectivity index (χ1) is 9.58. The third-order valence-corrected chi connectivity index (χ3v) is 5.92. The van der Waals surface area contributed by atoms with Crippen LogP contribution in [0, 0.1) is 17.3 Å². The van der Waals surface area contributed by atoms with Gasteiger partial charge in [0.2, 0.25) is 0 Å². The smallest absolute Gasteiger partial charge is 0.163 e. The summed E-state index contributed by atoms with van der Waals surface area (Å²) in [4.78, 5) is 12.5. The van der Waals surface area contributed by atoms with Crippen LogP contribution in [0.4, 0.5) is 0 Å². The van der Waals surface area contributed by atoms with Crippen molar-refractivity contribution in [3.63, 3.8) is 0 Å². The summed E-state index contributed by atoms with van der Waals surface area (Å²) in [7, 11) is 0. The van der Waals surface area contributed by atoms with Gasteiger partial charge in [-0.3, -0.25) is 4.79 Å². The highest BCUT2D eigenvalue weighted by Crippen LogP contribution is 2.58. The van der Waals surface area contributed by atoms with E-state index in [-0.39, 0.29) is 11.5 Å². The van der Waals surface area contributed by atoms with E-state index in [1.54, 1.807) is 12.1 Å². The molecule has 0 radical (unpaired) electrons. The maximum absolute atomic E-state index is 12.5. The van der Waals surface area contributed by atoms with Gasteiger partial charge >= 0.3 is 0 Å². The second-order valence-corrected chi connectivity index (χ2v) is 6.96. The first-order valence-electron chi connectivity index (χ1n) is 7.62. The van der Waals surface area contributed by atoms with E-state index in [4.69, 9.17) is 0 Å². The maximum atomic E-state index is 12.5. The van der Waals surface area contributed by atoms with Gasteiger partial charge < -0.3 is 5.11 Å². The summed E-state index contributed by atoms with van der Waals surface area (Å²) in [6, 6.07) is 5.37. The number of Topliss-reactive ketones (excluding diaryl/α,β-unsaturated/α-hetero) is 1. The van der Waals surface area contributed by atoms with E-state index in [2.05, 4.69) is 19.1 Å². The molecule has 20 heavy (non-hydrogen) atoms. The van der Waals surface area contributed by atoms with Gasteiger partial charge in [-0.1, -0.05) is 25.1 Å². The molecule has 4 atom stereocenters. The Morgan fingerprint density at radius 1 is 1.35 bits per heavy atom. The SMILES string of the molecule is CC12C=CCC1C1CC(=O)c3cc(O)ccc3C1CC2. The predicted molar refractivity (Wildman–Crippen MR) is 77.9 cm³/mol. The molecule has 0 saturated heterocycles. The van der Waals surface area contributed by atoms with Gasteiger partial charge in [0.05, 0.1) is 0 Å². The van der Waals surface area contributed by atoms with Gasteiger partial charge in [0.15, 0.2) is 5.78 Å². The van der Waals surface area contributed by atoms with Crippen LogP contribution in [0.15, 0.2) is 30.4 Å². The quantitative estimate of drug-likeness (QED) is 0.721. The predicted octanol–water partition coefficient (Wildman–Crippen LogP) is 4.05. The Kier molecular flexibility index (Phi) is 2.42. The molecule has 0 bridgehead atoms. The molecule has 0 heterocycles. The molecule has 4 unspecified atom stereocenters. The zero-order chi connectivity index (χ0) is 13.9. The molecule has 0 aromatic heterocycles. The molecule has 4 rings (SSSR count). The lowest BCUT2D eigenvalue weighted by molar-refractivity contribution is 0.0659. The van der Waals surface area contributed by atoms with Gasteiger partial charge in [-0.25, -0.2) is 0 Å². The normalized spacial score (nSPS) is 38.2. The summed E-state index contributed by atoms with van der Waals surface area (Å²) in [5.74, 6) is 2.02. The molecule has 3 aliphatic rings. The average Bonchev–Trinajstić information content (AvgIpc) is 2.81. The molecule has 0 spiro atoms. The Morgan fingerprint density at radius 3 is 3.05 bits per heavy atom. The minimum Gasteiger partial charge on any atom is -0.508 e. The summed E-state index contributed by atoms with van der Waals surface area (Å²) in [6.07, 6.45) is 8.84. The van der Waals surface area contributed by atoms with Crippen molar-refractivity contribution in [1.82, 2.24) is 0 Å². The van der Waals surface area contributed by atoms with Crippen molar-refractivity contribution in [3.8, 4) is 5.75 Å². The van der Waals surface area contributed by atoms with Crippen LogP contribution in [0.2, 0.25) is 0 Å². The number of ketones is 1. The van der Waals surface area contributed by atoms with Crippen molar-refractivity contribution in [3.05, 3.63) is 41.5 Å². The molecule has 1 fully saturated rings. The van der Waals surface area contributed by atoms with Crippen LogP contribution in [-0.4, -0.2) is 10.9 Å². The van der Waals surface area contributed by atoms with Crippen LogP contribution in [0.1, 0.15) is 54.4 Å². The zero-order valence-corrected chi connectivity index (χ0v) is 11.8. The molecule has 2 heteroatoms. The van der Waals surface area contributed by atoms with Crippen molar-refractivity contribution in [2.75, 3.05) is 0 Å². The standard InChI is InChI=1S/C18H20O2/c1-18-7-2-3-16(18)14-10-17(20)15-9-11(19)4-5-12(15)13(14)6-8-18/h2,4-5,7,9,13-14,16,19H,3,6,8,10H2,1H3. The lowest BCUT2D eigenvalue weighted by Gasteiger charge is -2.48. The van der Waals surface area contributed by atoms with Gasteiger partial charge in [-0.15, -0.1) is 0 Å². The molecule has 1 aromatic carbocycles. The van der Waals surface area contributed by atoms with E-state index in [0.29, 0.717) is 29.6 Å². The summed E-state index contributed by atoms with van der Waals surface area (Å²) in [5.41, 5.74) is 2.24. The second-order valence-electron chi connectivity index (χ2n) is 6.96. The Hall–Kier alpha value is -1.57. The monoisotopic (exact) mass is 268 g/mol. The van der Waals surface area contributed by atoms with Crippen molar-refractivity contribution in [1.29, 1.82) is 0 Å². The summed E-state index contributed by atoms with van der Waals surface area (Å²) in [6.45, 7) is 2.36. The second kappa shape index (κ2) is 3.97. The number of fused-ring (bicyclic) bond motifs is 5. The van der Waals surface area contributed by atoms with Gasteiger partial charge in [-0.05, 0) is 60.1 Å². The van der Waals surface area contributed by atoms with E-state index in [1.807, 2.05) is 6.07 Å². The Balaban J connectivity index is 1.79. The topological polar surface area (TPSA) is 37.3 Å². The molecular weight excluding hydrogens is 248 g/mol. The minimum atomic E-state index is 0.207. The first-order valence-corrected chi connectivity index (χ1v) is 7.62. The lowest BCUT2D eigenvalue weighted by Crippen LogP contribution is -2.41. The summed E-state index contributed by atoms with van der Waals surface area (Å²) >= 11 is 0. The lowest BCUT2D eigenvalue weighted by atomic mass is 9.55. The Bertz CT molecular complexity index is 616. The highest BCUT2D eigenvalue weighted by Gasteiger charge is 2.49. The molecule has 0 amide bonds. The van der Waals surface area contributed by atoms with Crippen LogP contribution in [0.3, 0.4) is 0 Å². The number of carbonyl (C=O) groups is 1. The Labute approximate surface area is 119 Å². The molecule has 2 nitrogen and oxygen atoms in total. The molecule has 1 saturated carbocycles. The largest absolute Gasteiger partial charge is 0.508 e. The van der Waals surface area contributed by atoms with Crippen LogP contribution in [0.25, 0.3) is 0 Å². The third-order valence-electron chi connectivity index (χ3n) is 5.92. The minimum absolute atomic E-state index is 0.207. The third kappa shape index (κ3) is 1.54. The number of benzene rings is 1. The molecular formula is C18H20O2. The number of carbonyl (C=O) groups excluding carboxylic acids is 1. The average molecular weight is 268 g/mol. The molecule has 0 aliphatic heterocycles. The van der Waals surface area contributed by atoms with E-state index in [1.165, 1.54) is 12.0 Å². The van der Waals surface area contributed by atoms with Crippen LogP contribution < -0.4 is 0 Å². The molecule has 3 aliphatic carbocycles. The highest BCUT2D eigenvalue weighted by molar-refractivity contribution is 5.99. The van der Waals surface area contributed by atoms with Gasteiger partial charge in [-0.2, -0.15) is 0 Å². The Morgan fingerprint density at radius 2 is 2.20 bits per heavy atom. The fraction of sp³-hybridized carbons (Fsp3) is 0.500. The van der Waals surface area contributed by atoms with Crippen molar-refractivity contribution < 1.29 is 9.90 Å².